The van der Waals surface area contributed by atoms with Gasteiger partial charge in [0.25, 0.3) is 0 Å². The van der Waals surface area contributed by atoms with Crippen LogP contribution in [-0.2, 0) is 0 Å². The van der Waals surface area contributed by atoms with E-state index in [4.69, 9.17) is 0 Å². The van der Waals surface area contributed by atoms with Crippen LogP contribution < -0.4 is 34.0 Å². The molecule has 0 aliphatic heterocycles. The molecule has 0 saturated carbocycles. The number of rotatable bonds is 0. The van der Waals surface area contributed by atoms with Crippen LogP contribution in [0, 0.1) is 0 Å². The topological polar surface area (TPSA) is 0 Å². The standard InChI is InChI=1S/C3H8.2BrH.2Mg.2H/c1-3-2;;;;;;/h3H2,1-2H3;2*1H;;;;/q;;;2*+2;2*-1/p-2. The summed E-state index contributed by atoms with van der Waals surface area (Å²) in [5.74, 6) is 0. The predicted octanol–water partition coefficient (Wildman–Crippen LogP) is -5.11. The van der Waals surface area contributed by atoms with Gasteiger partial charge < -0.3 is 36.8 Å². The number of hydrogen-bond acceptors (Lipinski definition) is 0. The molecule has 0 nitrogen and oxygen atoms in total. The van der Waals surface area contributed by atoms with Crippen LogP contribution in [0.1, 0.15) is 23.1 Å². The van der Waals surface area contributed by atoms with Crippen LogP contribution in [0.4, 0.5) is 0 Å². The summed E-state index contributed by atoms with van der Waals surface area (Å²) in [5.41, 5.74) is 0. The van der Waals surface area contributed by atoms with Crippen molar-refractivity contribution >= 4 is 46.1 Å². The van der Waals surface area contributed by atoms with Crippen LogP contribution in [-0.4, -0.2) is 46.1 Å². The van der Waals surface area contributed by atoms with Crippen LogP contribution in [0.5, 0.6) is 0 Å². The van der Waals surface area contributed by atoms with Gasteiger partial charge in [-0.15, -0.1) is 0 Å². The molecule has 7 heavy (non-hydrogen) atoms. The molecule has 0 aliphatic carbocycles. The molecular formula is C3H10Br2Mg2. The third kappa shape index (κ3) is 57.6. The molecule has 0 saturated heterocycles. The van der Waals surface area contributed by atoms with E-state index in [9.17, 15) is 0 Å². The first-order valence-corrected chi connectivity index (χ1v) is 1.41. The van der Waals surface area contributed by atoms with Crippen LogP contribution in [0.15, 0.2) is 0 Å². The Morgan fingerprint density at radius 1 is 1.00 bits per heavy atom. The van der Waals surface area contributed by atoms with Crippen LogP contribution in [0.25, 0.3) is 0 Å². The summed E-state index contributed by atoms with van der Waals surface area (Å²) in [5, 5.41) is 0. The summed E-state index contributed by atoms with van der Waals surface area (Å²) in [4.78, 5) is 0. The fourth-order valence-electron chi connectivity index (χ4n) is 0. The maximum Gasteiger partial charge on any atom is 2.00 e. The summed E-state index contributed by atoms with van der Waals surface area (Å²) >= 11 is 0. The first kappa shape index (κ1) is 33.9. The molecule has 0 N–H and O–H groups in total. The minimum Gasteiger partial charge on any atom is -1.00 e. The minimum atomic E-state index is 0. The van der Waals surface area contributed by atoms with Gasteiger partial charge >= 0.3 is 46.1 Å². The van der Waals surface area contributed by atoms with Crippen molar-refractivity contribution in [3.8, 4) is 0 Å². The Balaban J connectivity index is -0.00000000133. The van der Waals surface area contributed by atoms with Gasteiger partial charge in [-0.3, -0.25) is 0 Å². The molecule has 0 aromatic rings. The van der Waals surface area contributed by atoms with Crippen molar-refractivity contribution in [2.24, 2.45) is 0 Å². The van der Waals surface area contributed by atoms with E-state index in [1.807, 2.05) is 0 Å². The molecule has 0 bridgehead atoms. The molecule has 0 aromatic carbocycles. The van der Waals surface area contributed by atoms with E-state index >= 15 is 0 Å². The van der Waals surface area contributed by atoms with Crippen LogP contribution >= 0.6 is 0 Å². The van der Waals surface area contributed by atoms with E-state index in [1.54, 1.807) is 0 Å². The summed E-state index contributed by atoms with van der Waals surface area (Å²) in [6.45, 7) is 4.25. The average Bonchev–Trinajstić information content (AvgIpc) is 0.918. The summed E-state index contributed by atoms with van der Waals surface area (Å²) < 4.78 is 0. The molecule has 4 heteroatoms. The van der Waals surface area contributed by atoms with Crippen molar-refractivity contribution in [2.45, 2.75) is 20.3 Å². The largest absolute Gasteiger partial charge is 2.00 e. The van der Waals surface area contributed by atoms with Crippen molar-refractivity contribution < 1.29 is 36.8 Å². The first-order valence-electron chi connectivity index (χ1n) is 1.41. The Morgan fingerprint density at radius 2 is 1.00 bits per heavy atom. The van der Waals surface area contributed by atoms with E-state index < -0.39 is 0 Å². The van der Waals surface area contributed by atoms with Crippen LogP contribution in [0.3, 0.4) is 0 Å². The van der Waals surface area contributed by atoms with Gasteiger partial charge in [-0.05, 0) is 0 Å². The first-order chi connectivity index (χ1) is 1.41. The fourth-order valence-corrected chi connectivity index (χ4v) is 0. The van der Waals surface area contributed by atoms with Gasteiger partial charge in [0, 0.05) is 0 Å². The maximum absolute atomic E-state index is 2.12. The van der Waals surface area contributed by atoms with E-state index in [0.717, 1.165) is 0 Å². The number of hydrogen-bond donors (Lipinski definition) is 0. The van der Waals surface area contributed by atoms with Crippen molar-refractivity contribution in [1.29, 1.82) is 0 Å². The normalized spacial score (nSPS) is 2.57. The Bertz CT molecular complexity index is 17.8. The van der Waals surface area contributed by atoms with Gasteiger partial charge in [0.05, 0.1) is 0 Å². The molecular weight excluding hydrogens is 244 g/mol. The Kier molecular flexibility index (Phi) is 189. The third-order valence-electron chi connectivity index (χ3n) is 0. The molecule has 0 radical (unpaired) electrons. The third-order valence-corrected chi connectivity index (χ3v) is 0. The summed E-state index contributed by atoms with van der Waals surface area (Å²) in [6.07, 6.45) is 1.25. The molecule has 0 aliphatic rings. The molecule has 0 fully saturated rings. The zero-order chi connectivity index (χ0) is 2.71. The molecule has 0 unspecified atom stereocenters. The average molecular weight is 255 g/mol. The second-order valence-electron chi connectivity index (χ2n) is 0.707. The Hall–Kier alpha value is 2.49. The Labute approximate surface area is 102 Å². The zero-order valence-corrected chi connectivity index (χ0v) is 10.9. The van der Waals surface area contributed by atoms with Crippen LogP contribution in [0.2, 0.25) is 0 Å². The van der Waals surface area contributed by atoms with Gasteiger partial charge in [0.1, 0.15) is 0 Å². The van der Waals surface area contributed by atoms with Crippen molar-refractivity contribution in [2.75, 3.05) is 0 Å². The molecule has 0 amide bonds. The second kappa shape index (κ2) is 39.1. The van der Waals surface area contributed by atoms with E-state index in [0.29, 0.717) is 0 Å². The summed E-state index contributed by atoms with van der Waals surface area (Å²) in [7, 11) is 0. The molecule has 0 rings (SSSR count). The quantitative estimate of drug-likeness (QED) is 0.380. The van der Waals surface area contributed by atoms with Gasteiger partial charge in [0.15, 0.2) is 0 Å². The zero-order valence-electron chi connectivity index (χ0n) is 6.88. The van der Waals surface area contributed by atoms with Crippen molar-refractivity contribution in [1.82, 2.24) is 0 Å². The van der Waals surface area contributed by atoms with Gasteiger partial charge in [0.2, 0.25) is 0 Å². The van der Waals surface area contributed by atoms with Gasteiger partial charge in [-0.2, -0.15) is 0 Å². The van der Waals surface area contributed by atoms with Crippen molar-refractivity contribution in [3.05, 3.63) is 0 Å². The predicted molar refractivity (Wildman–Crippen MR) is 29.7 cm³/mol. The molecule has 0 spiro atoms. The molecule has 0 heterocycles. The van der Waals surface area contributed by atoms with E-state index in [1.165, 1.54) is 6.42 Å². The number of halogens is 2. The Morgan fingerprint density at radius 3 is 1.00 bits per heavy atom. The van der Waals surface area contributed by atoms with E-state index in [2.05, 4.69) is 13.8 Å². The fraction of sp³-hybridized carbons (Fsp3) is 1.00. The van der Waals surface area contributed by atoms with Gasteiger partial charge in [-0.1, -0.05) is 20.3 Å². The van der Waals surface area contributed by atoms with E-state index in [-0.39, 0.29) is 82.9 Å². The van der Waals surface area contributed by atoms with Gasteiger partial charge in [-0.25, -0.2) is 0 Å². The molecule has 0 aromatic heterocycles. The second-order valence-corrected chi connectivity index (χ2v) is 0.707. The minimum absolute atomic E-state index is 0. The maximum atomic E-state index is 2.12. The SMILES string of the molecule is CCC.[Br-].[Br-].[H-].[H-].[Mg+2].[Mg+2]. The monoisotopic (exact) mass is 252 g/mol. The summed E-state index contributed by atoms with van der Waals surface area (Å²) in [6, 6.07) is 0. The molecule has 0 atom stereocenters. The molecule has 40 valence electrons. The van der Waals surface area contributed by atoms with Crippen molar-refractivity contribution in [3.63, 3.8) is 0 Å². The smallest absolute Gasteiger partial charge is 1.00 e.